The molecule has 2 atom stereocenters. The average Bonchev–Trinajstić information content (AvgIpc) is 3.25. The number of nitrogens with one attached hydrogen (secondary N) is 1. The molecule has 0 bridgehead atoms. The summed E-state index contributed by atoms with van der Waals surface area (Å²) in [5.41, 5.74) is 0. The molecule has 1 rings (SSSR count). The zero-order valence-corrected chi connectivity index (χ0v) is 39.2. The molecule has 10 heteroatoms. The van der Waals surface area contributed by atoms with Gasteiger partial charge in [0.15, 0.2) is 6.29 Å². The first-order valence-electron chi connectivity index (χ1n) is 24.9. The molecule has 0 aromatic rings. The number of unbranched alkanes of at least 4 members (excludes halogenated alkanes) is 18. The van der Waals surface area contributed by atoms with E-state index >= 15 is 0 Å². The number of hydrogen-bond acceptors (Lipinski definition) is 9. The molecule has 10 nitrogen and oxygen atoms in total. The van der Waals surface area contributed by atoms with E-state index in [0.29, 0.717) is 26.1 Å². The summed E-state index contributed by atoms with van der Waals surface area (Å²) in [4.78, 5) is 40.8. The van der Waals surface area contributed by atoms with Crippen molar-refractivity contribution in [3.05, 3.63) is 24.3 Å². The predicted octanol–water partition coefficient (Wildman–Crippen LogP) is 12.6. The fraction of sp³-hybridized carbons (Fsp3) is 0.860. The fourth-order valence-electron chi connectivity index (χ4n) is 7.30. The van der Waals surface area contributed by atoms with Gasteiger partial charge >= 0.3 is 18.0 Å². The van der Waals surface area contributed by atoms with Crippen LogP contribution >= 0.6 is 0 Å². The van der Waals surface area contributed by atoms with E-state index in [4.69, 9.17) is 23.7 Å². The van der Waals surface area contributed by atoms with Crippen LogP contribution in [0.2, 0.25) is 0 Å². The van der Waals surface area contributed by atoms with E-state index in [0.717, 1.165) is 103 Å². The number of likely N-dealkylation sites (tertiary alicyclic amines) is 1. The Bertz CT molecular complexity index is 1050. The standard InChI is InChI=1S/C50H92N2O8/c1-5-9-12-15-18-19-20-21-22-23-24-25-26-27-30-35-47(53)58-42-45(44-60-50(55)51-46-34-33-38-52(8-4)41-46)43-59-48(54)36-37-49(56-39-31-28-16-13-10-6-2)57-40-32-29-17-14-11-7-3/h18-19,21-22,45-46,49H,5-17,20,23-44H2,1-4H3,(H,51,55)/b19-18-,22-21-. The number of nitrogens with zero attached hydrogens (tertiary/aromatic N) is 1. The number of amides is 1. The lowest BCUT2D eigenvalue weighted by Gasteiger charge is -2.32. The summed E-state index contributed by atoms with van der Waals surface area (Å²) in [5, 5.41) is 2.99. The summed E-state index contributed by atoms with van der Waals surface area (Å²) in [6.45, 7) is 12.8. The Labute approximate surface area is 368 Å². The number of ether oxygens (including phenoxy) is 5. The molecule has 1 heterocycles. The minimum absolute atomic E-state index is 0.0120. The van der Waals surface area contributed by atoms with Crippen molar-refractivity contribution in [3.63, 3.8) is 0 Å². The molecule has 1 aliphatic heterocycles. The van der Waals surface area contributed by atoms with Crippen LogP contribution in [0.15, 0.2) is 24.3 Å². The molecule has 60 heavy (non-hydrogen) atoms. The number of carbonyl (C=O) groups excluding carboxylic acids is 3. The van der Waals surface area contributed by atoms with Gasteiger partial charge in [0.2, 0.25) is 0 Å². The number of esters is 2. The van der Waals surface area contributed by atoms with Crippen molar-refractivity contribution in [1.82, 2.24) is 10.2 Å². The average molecular weight is 849 g/mol. The second-order valence-electron chi connectivity index (χ2n) is 16.9. The topological polar surface area (TPSA) is 113 Å². The number of likely N-dealkylation sites (N-methyl/N-ethyl adjacent to an activating group) is 1. The Morgan fingerprint density at radius 2 is 1.10 bits per heavy atom. The molecule has 2 unspecified atom stereocenters. The van der Waals surface area contributed by atoms with Gasteiger partial charge in [0, 0.05) is 38.6 Å². The zero-order chi connectivity index (χ0) is 43.6. The van der Waals surface area contributed by atoms with Gasteiger partial charge in [0.1, 0.15) is 19.8 Å². The van der Waals surface area contributed by atoms with Gasteiger partial charge in [-0.3, -0.25) is 9.59 Å². The lowest BCUT2D eigenvalue weighted by molar-refractivity contribution is -0.161. The number of alkyl carbamates (subject to hydrolysis) is 1. The molecule has 1 N–H and O–H groups in total. The van der Waals surface area contributed by atoms with Crippen LogP contribution in [0.5, 0.6) is 0 Å². The number of rotatable bonds is 41. The maximum Gasteiger partial charge on any atom is 0.407 e. The lowest BCUT2D eigenvalue weighted by atomic mass is 10.1. The number of hydrogen-bond donors (Lipinski definition) is 1. The number of allylic oxidation sites excluding steroid dienone is 4. The predicted molar refractivity (Wildman–Crippen MR) is 246 cm³/mol. The Balaban J connectivity index is 2.54. The second kappa shape index (κ2) is 41.9. The van der Waals surface area contributed by atoms with Gasteiger partial charge in [-0.25, -0.2) is 4.79 Å². The monoisotopic (exact) mass is 849 g/mol. The van der Waals surface area contributed by atoms with Crippen LogP contribution < -0.4 is 5.32 Å². The Kier molecular flexibility index (Phi) is 38.8. The molecule has 0 aromatic carbocycles. The van der Waals surface area contributed by atoms with E-state index in [2.05, 4.69) is 62.2 Å². The van der Waals surface area contributed by atoms with Crippen LogP contribution in [-0.2, 0) is 33.3 Å². The highest BCUT2D eigenvalue weighted by Gasteiger charge is 2.23. The first kappa shape index (κ1) is 55.6. The highest BCUT2D eigenvalue weighted by molar-refractivity contribution is 5.70. The van der Waals surface area contributed by atoms with E-state index in [1.165, 1.54) is 77.0 Å². The maximum atomic E-state index is 13.0. The highest BCUT2D eigenvalue weighted by Crippen LogP contribution is 2.15. The minimum atomic E-state index is -0.501. The molecule has 0 spiro atoms. The van der Waals surface area contributed by atoms with E-state index in [1.54, 1.807) is 0 Å². The summed E-state index contributed by atoms with van der Waals surface area (Å²) in [7, 11) is 0. The van der Waals surface area contributed by atoms with Crippen molar-refractivity contribution in [1.29, 1.82) is 0 Å². The summed E-state index contributed by atoms with van der Waals surface area (Å²) >= 11 is 0. The smallest absolute Gasteiger partial charge is 0.407 e. The van der Waals surface area contributed by atoms with E-state index in [9.17, 15) is 14.4 Å². The zero-order valence-electron chi connectivity index (χ0n) is 39.2. The van der Waals surface area contributed by atoms with E-state index in [1.807, 2.05) is 0 Å². The Morgan fingerprint density at radius 3 is 1.70 bits per heavy atom. The van der Waals surface area contributed by atoms with Gasteiger partial charge in [-0.2, -0.15) is 0 Å². The molecular formula is C50H92N2O8. The molecule has 1 aliphatic rings. The van der Waals surface area contributed by atoms with E-state index < -0.39 is 18.3 Å². The third kappa shape index (κ3) is 35.2. The van der Waals surface area contributed by atoms with Crippen molar-refractivity contribution in [2.24, 2.45) is 5.92 Å². The molecule has 1 amide bonds. The maximum absolute atomic E-state index is 13.0. The molecular weight excluding hydrogens is 757 g/mol. The second-order valence-corrected chi connectivity index (χ2v) is 16.9. The van der Waals surface area contributed by atoms with E-state index in [-0.39, 0.29) is 44.2 Å². The van der Waals surface area contributed by atoms with Gasteiger partial charge in [0.25, 0.3) is 0 Å². The normalized spacial score (nSPS) is 15.2. The molecule has 1 fully saturated rings. The van der Waals surface area contributed by atoms with Gasteiger partial charge in [-0.15, -0.1) is 0 Å². The van der Waals surface area contributed by atoms with Gasteiger partial charge < -0.3 is 33.9 Å². The third-order valence-electron chi connectivity index (χ3n) is 11.2. The van der Waals surface area contributed by atoms with Crippen molar-refractivity contribution in [2.75, 3.05) is 52.7 Å². The highest BCUT2D eigenvalue weighted by atomic mass is 16.7. The fourth-order valence-corrected chi connectivity index (χ4v) is 7.30. The third-order valence-corrected chi connectivity index (χ3v) is 11.2. The van der Waals surface area contributed by atoms with Crippen LogP contribution in [0.1, 0.15) is 207 Å². The Morgan fingerprint density at radius 1 is 0.600 bits per heavy atom. The first-order valence-corrected chi connectivity index (χ1v) is 24.9. The molecule has 350 valence electrons. The number of carbonyl (C=O) groups is 3. The van der Waals surface area contributed by atoms with Crippen molar-refractivity contribution in [3.8, 4) is 0 Å². The van der Waals surface area contributed by atoms with Gasteiger partial charge in [-0.1, -0.05) is 148 Å². The summed E-state index contributed by atoms with van der Waals surface area (Å²) < 4.78 is 29.1. The molecule has 0 saturated carbocycles. The summed E-state index contributed by atoms with van der Waals surface area (Å²) in [6, 6.07) is 0.0311. The van der Waals surface area contributed by atoms with Crippen LogP contribution in [0.4, 0.5) is 4.79 Å². The first-order chi connectivity index (χ1) is 29.4. The van der Waals surface area contributed by atoms with Crippen LogP contribution in [0.25, 0.3) is 0 Å². The molecule has 0 aromatic heterocycles. The largest absolute Gasteiger partial charge is 0.465 e. The van der Waals surface area contributed by atoms with Crippen LogP contribution in [0.3, 0.4) is 0 Å². The van der Waals surface area contributed by atoms with Crippen molar-refractivity contribution >= 4 is 18.0 Å². The minimum Gasteiger partial charge on any atom is -0.465 e. The van der Waals surface area contributed by atoms with Crippen LogP contribution in [0, 0.1) is 5.92 Å². The van der Waals surface area contributed by atoms with Gasteiger partial charge in [-0.05, 0) is 77.3 Å². The summed E-state index contributed by atoms with van der Waals surface area (Å²) in [5.74, 6) is -1.13. The van der Waals surface area contributed by atoms with Gasteiger partial charge in [0.05, 0.1) is 12.3 Å². The Hall–Kier alpha value is -2.43. The van der Waals surface area contributed by atoms with Crippen molar-refractivity contribution < 1.29 is 38.1 Å². The molecule has 0 aliphatic carbocycles. The summed E-state index contributed by atoms with van der Waals surface area (Å²) in [6.07, 6.45) is 37.4. The van der Waals surface area contributed by atoms with Crippen molar-refractivity contribution in [2.45, 2.75) is 220 Å². The lowest BCUT2D eigenvalue weighted by Crippen LogP contribution is -2.48. The molecule has 1 saturated heterocycles. The quantitative estimate of drug-likeness (QED) is 0.0211. The van der Waals surface area contributed by atoms with Crippen LogP contribution in [-0.4, -0.2) is 87.9 Å². The SMILES string of the molecule is CCCCC/C=C\C/C=C\CCCCCCCC(=O)OCC(COC(=O)CCC(OCCCCCCCC)OCCCCCCCC)COC(=O)NC1CCCN(CC)C1. The molecule has 0 radical (unpaired) electrons. The number of piperidine rings is 1.